The molecule has 2 aromatic heterocycles. The Kier molecular flexibility index (Phi) is 4.97. The molecule has 1 fully saturated rings. The molecule has 1 amide bonds. The molecular weight excluding hydrogens is 351 g/mol. The van der Waals surface area contributed by atoms with Gasteiger partial charge in [-0.05, 0) is 31.0 Å². The van der Waals surface area contributed by atoms with Crippen LogP contribution in [-0.2, 0) is 11.3 Å². The summed E-state index contributed by atoms with van der Waals surface area (Å²) in [6, 6.07) is 6.79. The van der Waals surface area contributed by atoms with Crippen LogP contribution in [0.3, 0.4) is 0 Å². The lowest BCUT2D eigenvalue weighted by Gasteiger charge is -2.27. The van der Waals surface area contributed by atoms with Gasteiger partial charge in [0.15, 0.2) is 5.13 Å². The van der Waals surface area contributed by atoms with Gasteiger partial charge in [-0.2, -0.15) is 5.10 Å². The summed E-state index contributed by atoms with van der Waals surface area (Å²) in [5.74, 6) is -0.198. The molecule has 3 aromatic rings. The highest BCUT2D eigenvalue weighted by molar-refractivity contribution is 7.22. The summed E-state index contributed by atoms with van der Waals surface area (Å²) in [5.41, 5.74) is 0.341. The minimum atomic E-state index is -0.345. The molecule has 7 heteroatoms. The Balaban J connectivity index is 1.63. The van der Waals surface area contributed by atoms with Crippen molar-refractivity contribution in [1.82, 2.24) is 14.8 Å². The number of rotatable bonds is 5. The van der Waals surface area contributed by atoms with E-state index in [1.165, 1.54) is 23.8 Å². The Morgan fingerprint density at radius 2 is 2.12 bits per heavy atom. The van der Waals surface area contributed by atoms with Crippen LogP contribution < -0.4 is 4.90 Å². The minimum Gasteiger partial charge on any atom is -0.286 e. The number of nitrogens with zero attached hydrogens (tertiary/aromatic N) is 4. The van der Waals surface area contributed by atoms with Crippen molar-refractivity contribution in [3.63, 3.8) is 0 Å². The predicted octanol–water partition coefficient (Wildman–Crippen LogP) is 4.25. The quantitative estimate of drug-likeness (QED) is 0.673. The number of anilines is 1. The lowest BCUT2D eigenvalue weighted by atomic mass is 9.88. The van der Waals surface area contributed by atoms with Gasteiger partial charge in [0.2, 0.25) is 5.91 Å². The van der Waals surface area contributed by atoms with Crippen LogP contribution >= 0.6 is 11.3 Å². The van der Waals surface area contributed by atoms with E-state index in [4.69, 9.17) is 0 Å². The van der Waals surface area contributed by atoms with Crippen LogP contribution in [0.5, 0.6) is 0 Å². The molecule has 1 aliphatic rings. The maximum absolute atomic E-state index is 14.1. The zero-order chi connectivity index (χ0) is 17.9. The van der Waals surface area contributed by atoms with Crippen LogP contribution in [0.25, 0.3) is 10.2 Å². The molecule has 0 saturated heterocycles. The third-order valence-corrected chi connectivity index (χ3v) is 5.97. The molecule has 26 heavy (non-hydrogen) atoms. The van der Waals surface area contributed by atoms with Gasteiger partial charge in [0, 0.05) is 24.9 Å². The summed E-state index contributed by atoms with van der Waals surface area (Å²) in [6.45, 7) is 1.07. The molecule has 1 aliphatic carbocycles. The normalized spacial score (nSPS) is 15.4. The molecule has 0 aliphatic heterocycles. The number of hydrogen-bond acceptors (Lipinski definition) is 4. The molecule has 1 saturated carbocycles. The summed E-state index contributed by atoms with van der Waals surface area (Å²) in [5, 5.41) is 4.79. The predicted molar refractivity (Wildman–Crippen MR) is 101 cm³/mol. The molecule has 2 heterocycles. The van der Waals surface area contributed by atoms with E-state index in [1.807, 2.05) is 18.3 Å². The second-order valence-electron chi connectivity index (χ2n) is 6.68. The number of aromatic nitrogens is 3. The largest absolute Gasteiger partial charge is 0.286 e. The standard InChI is InChI=1S/C19H21FN4OS/c20-15-8-4-9-16-17(15)22-19(26-16)24(13-12-23-11-5-10-21-23)18(25)14-6-2-1-3-7-14/h4-5,8-11,14H,1-3,6-7,12-13H2. The molecular formula is C19H21FN4OS. The molecule has 1 aromatic carbocycles. The van der Waals surface area contributed by atoms with Crippen LogP contribution in [0.1, 0.15) is 32.1 Å². The van der Waals surface area contributed by atoms with Gasteiger partial charge in [0.1, 0.15) is 11.3 Å². The monoisotopic (exact) mass is 372 g/mol. The Bertz CT molecular complexity index is 886. The van der Waals surface area contributed by atoms with Gasteiger partial charge in [0.25, 0.3) is 0 Å². The third kappa shape index (κ3) is 3.49. The lowest BCUT2D eigenvalue weighted by Crippen LogP contribution is -2.39. The first-order valence-electron chi connectivity index (χ1n) is 9.06. The second kappa shape index (κ2) is 7.53. The van der Waals surface area contributed by atoms with Crippen molar-refractivity contribution < 1.29 is 9.18 Å². The average molecular weight is 372 g/mol. The molecule has 0 radical (unpaired) electrons. The number of amides is 1. The number of carbonyl (C=O) groups is 1. The molecule has 0 N–H and O–H groups in total. The van der Waals surface area contributed by atoms with Gasteiger partial charge in [-0.3, -0.25) is 14.4 Å². The second-order valence-corrected chi connectivity index (χ2v) is 7.69. The van der Waals surface area contributed by atoms with E-state index in [-0.39, 0.29) is 17.6 Å². The number of thiazole rings is 1. The van der Waals surface area contributed by atoms with Crippen molar-refractivity contribution >= 4 is 32.6 Å². The maximum atomic E-state index is 14.1. The maximum Gasteiger partial charge on any atom is 0.231 e. The Morgan fingerprint density at radius 3 is 2.85 bits per heavy atom. The number of para-hydroxylation sites is 1. The Hall–Kier alpha value is -2.28. The molecule has 0 spiro atoms. The van der Waals surface area contributed by atoms with Crippen molar-refractivity contribution in [2.45, 2.75) is 38.6 Å². The Morgan fingerprint density at radius 1 is 1.27 bits per heavy atom. The molecule has 0 unspecified atom stereocenters. The van der Waals surface area contributed by atoms with Gasteiger partial charge in [0.05, 0.1) is 11.2 Å². The van der Waals surface area contributed by atoms with E-state index in [0.717, 1.165) is 30.4 Å². The summed E-state index contributed by atoms with van der Waals surface area (Å²) in [4.78, 5) is 19.4. The molecule has 0 atom stereocenters. The first-order chi connectivity index (χ1) is 12.7. The summed E-state index contributed by atoms with van der Waals surface area (Å²) >= 11 is 1.37. The van der Waals surface area contributed by atoms with Crippen LogP contribution in [0.2, 0.25) is 0 Å². The first kappa shape index (κ1) is 17.1. The fourth-order valence-corrected chi connectivity index (χ4v) is 4.54. The molecule has 136 valence electrons. The van der Waals surface area contributed by atoms with Crippen LogP contribution in [-0.4, -0.2) is 27.2 Å². The number of carbonyl (C=O) groups excluding carboxylic acids is 1. The fraction of sp³-hybridized carbons (Fsp3) is 0.421. The van der Waals surface area contributed by atoms with E-state index < -0.39 is 0 Å². The number of halogens is 1. The average Bonchev–Trinajstić information content (AvgIpc) is 3.33. The van der Waals surface area contributed by atoms with Gasteiger partial charge < -0.3 is 0 Å². The number of fused-ring (bicyclic) bond motifs is 1. The zero-order valence-corrected chi connectivity index (χ0v) is 15.3. The summed E-state index contributed by atoms with van der Waals surface area (Å²) < 4.78 is 16.6. The van der Waals surface area contributed by atoms with E-state index in [0.29, 0.717) is 23.7 Å². The summed E-state index contributed by atoms with van der Waals surface area (Å²) in [6.07, 6.45) is 8.84. The smallest absolute Gasteiger partial charge is 0.231 e. The van der Waals surface area contributed by atoms with E-state index in [9.17, 15) is 9.18 Å². The highest BCUT2D eigenvalue weighted by Crippen LogP contribution is 2.33. The highest BCUT2D eigenvalue weighted by Gasteiger charge is 2.29. The first-order valence-corrected chi connectivity index (χ1v) is 9.88. The van der Waals surface area contributed by atoms with Crippen molar-refractivity contribution in [2.75, 3.05) is 11.4 Å². The van der Waals surface area contributed by atoms with E-state index >= 15 is 0 Å². The number of hydrogen-bond donors (Lipinski definition) is 0. The SMILES string of the molecule is O=C(C1CCCCC1)N(CCn1cccn1)c1nc2c(F)cccc2s1. The molecule has 4 rings (SSSR count). The van der Waals surface area contributed by atoms with Gasteiger partial charge in [-0.1, -0.05) is 36.7 Å². The topological polar surface area (TPSA) is 51.0 Å². The van der Waals surface area contributed by atoms with E-state index in [1.54, 1.807) is 21.8 Å². The lowest BCUT2D eigenvalue weighted by molar-refractivity contribution is -0.123. The minimum absolute atomic E-state index is 0.0400. The third-order valence-electron chi connectivity index (χ3n) is 4.92. The van der Waals surface area contributed by atoms with Crippen LogP contribution in [0.15, 0.2) is 36.7 Å². The highest BCUT2D eigenvalue weighted by atomic mass is 32.1. The van der Waals surface area contributed by atoms with Gasteiger partial charge >= 0.3 is 0 Å². The van der Waals surface area contributed by atoms with Crippen LogP contribution in [0.4, 0.5) is 9.52 Å². The van der Waals surface area contributed by atoms with Crippen molar-refractivity contribution in [1.29, 1.82) is 0 Å². The van der Waals surface area contributed by atoms with Crippen molar-refractivity contribution in [2.24, 2.45) is 5.92 Å². The van der Waals surface area contributed by atoms with Crippen LogP contribution in [0, 0.1) is 11.7 Å². The molecule has 0 bridgehead atoms. The van der Waals surface area contributed by atoms with Gasteiger partial charge in [-0.25, -0.2) is 9.37 Å². The van der Waals surface area contributed by atoms with Gasteiger partial charge in [-0.15, -0.1) is 0 Å². The number of benzene rings is 1. The Labute approximate surface area is 155 Å². The van der Waals surface area contributed by atoms with E-state index in [2.05, 4.69) is 10.1 Å². The zero-order valence-electron chi connectivity index (χ0n) is 14.5. The summed E-state index contributed by atoms with van der Waals surface area (Å²) in [7, 11) is 0. The van der Waals surface area contributed by atoms with Crippen molar-refractivity contribution in [3.05, 3.63) is 42.5 Å². The molecule has 5 nitrogen and oxygen atoms in total. The van der Waals surface area contributed by atoms with Crippen molar-refractivity contribution in [3.8, 4) is 0 Å². The fourth-order valence-electron chi connectivity index (χ4n) is 3.52.